The monoisotopic (exact) mass is 254 g/mol. The van der Waals surface area contributed by atoms with Crippen LogP contribution in [0.3, 0.4) is 0 Å². The SMILES string of the molecule is CN(C)P(F)N([Si](C)(C)C)[Si](C)(C)C. The summed E-state index contributed by atoms with van der Waals surface area (Å²) in [5.74, 6) is 0. The fourth-order valence-electron chi connectivity index (χ4n) is 1.68. The largest absolute Gasteiger partial charge is 0.287 e. The molecule has 1 atom stereocenters. The molecule has 0 aliphatic heterocycles. The van der Waals surface area contributed by atoms with Crippen molar-refractivity contribution in [2.24, 2.45) is 0 Å². The lowest BCUT2D eigenvalue weighted by Gasteiger charge is -2.45. The summed E-state index contributed by atoms with van der Waals surface area (Å²) in [4.78, 5) is 0. The third-order valence-corrected chi connectivity index (χ3v) is 13.9. The standard InChI is InChI=1S/C8H24FN2PSi2/c1-10(2)12(9)11(13(3,4)5)14(6,7)8/h1-8H3. The van der Waals surface area contributed by atoms with Crippen LogP contribution in [-0.4, -0.2) is 39.2 Å². The van der Waals surface area contributed by atoms with E-state index in [9.17, 15) is 4.20 Å². The second kappa shape index (κ2) is 4.70. The van der Waals surface area contributed by atoms with Gasteiger partial charge in [-0.25, -0.2) is 0 Å². The van der Waals surface area contributed by atoms with Gasteiger partial charge in [0.25, 0.3) is 0 Å². The Hall–Kier alpha value is 0.714. The minimum absolute atomic E-state index is 1.54. The average molecular weight is 254 g/mol. The van der Waals surface area contributed by atoms with Crippen molar-refractivity contribution >= 4 is 25.0 Å². The summed E-state index contributed by atoms with van der Waals surface area (Å²) in [6.07, 6.45) is 0. The molecular weight excluding hydrogens is 230 g/mol. The summed E-state index contributed by atoms with van der Waals surface area (Å²) < 4.78 is 18.1. The van der Waals surface area contributed by atoms with E-state index in [4.69, 9.17) is 0 Å². The number of halogens is 1. The molecule has 0 spiro atoms. The Labute approximate surface area is 91.6 Å². The highest BCUT2D eigenvalue weighted by atomic mass is 31.2. The first-order valence-corrected chi connectivity index (χ1v) is 12.9. The van der Waals surface area contributed by atoms with E-state index in [1.165, 1.54) is 0 Å². The fraction of sp³-hybridized carbons (Fsp3) is 1.00. The topological polar surface area (TPSA) is 6.48 Å². The fourth-order valence-corrected chi connectivity index (χ4v) is 15.1. The second-order valence-electron chi connectivity index (χ2n) is 5.74. The molecule has 0 bridgehead atoms. The summed E-state index contributed by atoms with van der Waals surface area (Å²) in [5, 5.41) is 0. The molecule has 14 heavy (non-hydrogen) atoms. The van der Waals surface area contributed by atoms with Crippen LogP contribution >= 0.6 is 8.53 Å². The molecule has 0 aliphatic carbocycles. The number of hydrogen-bond acceptors (Lipinski definition) is 2. The molecule has 0 aliphatic rings. The molecule has 0 aromatic carbocycles. The van der Waals surface area contributed by atoms with E-state index in [2.05, 4.69) is 43.3 Å². The molecule has 1 unspecified atom stereocenters. The predicted molar refractivity (Wildman–Crippen MR) is 70.2 cm³/mol. The van der Waals surface area contributed by atoms with Crippen LogP contribution in [0.1, 0.15) is 0 Å². The highest BCUT2D eigenvalue weighted by molar-refractivity contribution is 7.52. The Morgan fingerprint density at radius 2 is 1.14 bits per heavy atom. The molecule has 0 aromatic rings. The molecule has 2 nitrogen and oxygen atoms in total. The highest BCUT2D eigenvalue weighted by Gasteiger charge is 2.41. The molecule has 0 aromatic heterocycles. The van der Waals surface area contributed by atoms with Crippen molar-refractivity contribution in [3.63, 3.8) is 0 Å². The number of rotatable bonds is 4. The van der Waals surface area contributed by atoms with Gasteiger partial charge >= 0.3 is 0 Å². The van der Waals surface area contributed by atoms with E-state index in [0.29, 0.717) is 0 Å². The van der Waals surface area contributed by atoms with Crippen LogP contribution in [0.25, 0.3) is 0 Å². The van der Waals surface area contributed by atoms with Crippen LogP contribution in [0.4, 0.5) is 4.20 Å². The van der Waals surface area contributed by atoms with Gasteiger partial charge in [0.05, 0.1) is 0 Å². The van der Waals surface area contributed by atoms with E-state index in [1.54, 1.807) is 4.67 Å². The molecule has 0 radical (unpaired) electrons. The van der Waals surface area contributed by atoms with Gasteiger partial charge < -0.3 is 0 Å². The van der Waals surface area contributed by atoms with Gasteiger partial charge in [-0.3, -0.25) is 8.67 Å². The third kappa shape index (κ3) is 4.07. The Balaban J connectivity index is 4.94. The normalized spacial score (nSPS) is 16.5. The lowest BCUT2D eigenvalue weighted by atomic mass is 11.3. The Morgan fingerprint density at radius 3 is 1.21 bits per heavy atom. The first kappa shape index (κ1) is 14.7. The van der Waals surface area contributed by atoms with Crippen LogP contribution in [0.5, 0.6) is 0 Å². The minimum Gasteiger partial charge on any atom is -0.287 e. The van der Waals surface area contributed by atoms with Crippen molar-refractivity contribution in [2.75, 3.05) is 14.1 Å². The summed E-state index contributed by atoms with van der Waals surface area (Å²) >= 11 is 0. The van der Waals surface area contributed by atoms with E-state index in [1.807, 2.05) is 14.1 Å². The quantitative estimate of drug-likeness (QED) is 0.557. The van der Waals surface area contributed by atoms with Gasteiger partial charge in [-0.05, 0) is 14.1 Å². The van der Waals surface area contributed by atoms with E-state index in [0.717, 1.165) is 0 Å². The van der Waals surface area contributed by atoms with Crippen molar-refractivity contribution in [2.45, 2.75) is 39.3 Å². The lowest BCUT2D eigenvalue weighted by molar-refractivity contribution is 0.587. The Morgan fingerprint density at radius 1 is 0.857 bits per heavy atom. The molecule has 0 saturated heterocycles. The maximum atomic E-state index is 14.2. The first-order chi connectivity index (χ1) is 5.98. The van der Waals surface area contributed by atoms with Crippen LogP contribution in [0.15, 0.2) is 0 Å². The van der Waals surface area contributed by atoms with Crippen LogP contribution in [0, 0.1) is 0 Å². The predicted octanol–water partition coefficient (Wildman–Crippen LogP) is 3.72. The zero-order valence-electron chi connectivity index (χ0n) is 10.7. The maximum absolute atomic E-state index is 14.2. The summed E-state index contributed by atoms with van der Waals surface area (Å²) in [7, 11) is -1.01. The molecule has 0 fully saturated rings. The van der Waals surface area contributed by atoms with Crippen molar-refractivity contribution in [1.29, 1.82) is 0 Å². The molecule has 0 saturated carbocycles. The van der Waals surface area contributed by atoms with Crippen LogP contribution in [-0.2, 0) is 0 Å². The minimum atomic E-state index is -1.59. The molecule has 0 N–H and O–H groups in total. The highest BCUT2D eigenvalue weighted by Crippen LogP contribution is 2.49. The Bertz CT molecular complexity index is 175. The van der Waals surface area contributed by atoms with Crippen molar-refractivity contribution in [3.8, 4) is 0 Å². The van der Waals surface area contributed by atoms with Gasteiger partial charge in [0.1, 0.15) is 16.5 Å². The molecule has 6 heteroatoms. The summed E-state index contributed by atoms with van der Waals surface area (Å²) in [6, 6.07) is 0. The smallest absolute Gasteiger partial charge is 0.222 e. The van der Waals surface area contributed by atoms with Gasteiger partial charge in [0.15, 0.2) is 0 Å². The second-order valence-corrected chi connectivity index (χ2v) is 18.2. The van der Waals surface area contributed by atoms with Gasteiger partial charge in [-0.15, -0.1) is 0 Å². The van der Waals surface area contributed by atoms with Crippen molar-refractivity contribution < 1.29 is 4.20 Å². The molecule has 86 valence electrons. The summed E-state index contributed by atoms with van der Waals surface area (Å²) in [6.45, 7) is 13.4. The van der Waals surface area contributed by atoms with Crippen molar-refractivity contribution in [1.82, 2.24) is 8.67 Å². The van der Waals surface area contributed by atoms with Gasteiger partial charge in [-0.2, -0.15) is 4.20 Å². The van der Waals surface area contributed by atoms with Gasteiger partial charge in [-0.1, -0.05) is 39.3 Å². The Kier molecular flexibility index (Phi) is 4.94. The lowest BCUT2D eigenvalue weighted by Crippen LogP contribution is -2.56. The van der Waals surface area contributed by atoms with E-state index in [-0.39, 0.29) is 0 Å². The molecular formula is C8H24FN2PSi2. The van der Waals surface area contributed by atoms with Crippen LogP contribution < -0.4 is 0 Å². The first-order valence-electron chi connectivity index (χ1n) is 4.91. The summed E-state index contributed by atoms with van der Waals surface area (Å²) in [5.41, 5.74) is 0. The zero-order valence-corrected chi connectivity index (χ0v) is 13.6. The molecule has 0 rings (SSSR count). The van der Waals surface area contributed by atoms with Crippen molar-refractivity contribution in [3.05, 3.63) is 0 Å². The van der Waals surface area contributed by atoms with Gasteiger partial charge in [0.2, 0.25) is 8.53 Å². The average Bonchev–Trinajstić information content (AvgIpc) is 1.79. The zero-order chi connectivity index (χ0) is 11.7. The number of nitrogens with zero attached hydrogens (tertiary/aromatic N) is 2. The van der Waals surface area contributed by atoms with E-state index < -0.39 is 25.0 Å². The molecule has 0 amide bonds. The van der Waals surface area contributed by atoms with Gasteiger partial charge in [0, 0.05) is 0 Å². The van der Waals surface area contributed by atoms with Crippen LogP contribution in [0.2, 0.25) is 39.3 Å². The van der Waals surface area contributed by atoms with E-state index >= 15 is 0 Å². The number of hydrogen-bond donors (Lipinski definition) is 0. The third-order valence-electron chi connectivity index (χ3n) is 1.77. The molecule has 0 heterocycles. The maximum Gasteiger partial charge on any atom is 0.222 e.